The Balaban J connectivity index is 1.93. The smallest absolute Gasteiger partial charge is 0.389 e. The summed E-state index contributed by atoms with van der Waals surface area (Å²) in [5.74, 6) is 0.882. The zero-order chi connectivity index (χ0) is 21.9. The van der Waals surface area contributed by atoms with E-state index in [2.05, 4.69) is 20.3 Å². The number of rotatable bonds is 9. The topological polar surface area (TPSA) is 126 Å². The fourth-order valence-corrected chi connectivity index (χ4v) is 4.04. The Kier molecular flexibility index (Phi) is 7.68. The zero-order valence-corrected chi connectivity index (χ0v) is 17.5. The van der Waals surface area contributed by atoms with E-state index in [4.69, 9.17) is 4.74 Å². The maximum Gasteiger partial charge on any atom is 0.389 e. The van der Waals surface area contributed by atoms with Gasteiger partial charge in [0.25, 0.3) is 0 Å². The van der Waals surface area contributed by atoms with Gasteiger partial charge < -0.3 is 25.4 Å². The number of halogens is 3. The van der Waals surface area contributed by atoms with Crippen LogP contribution < -0.4 is 5.32 Å². The van der Waals surface area contributed by atoms with E-state index < -0.39 is 43.7 Å². The van der Waals surface area contributed by atoms with Crippen LogP contribution in [0.3, 0.4) is 0 Å². The van der Waals surface area contributed by atoms with E-state index in [1.54, 1.807) is 11.8 Å². The van der Waals surface area contributed by atoms with Gasteiger partial charge in [0.1, 0.15) is 18.3 Å². The second kappa shape index (κ2) is 9.87. The minimum Gasteiger partial charge on any atom is -0.394 e. The molecule has 0 unspecified atom stereocenters. The van der Waals surface area contributed by atoms with Crippen LogP contribution in [0.15, 0.2) is 11.5 Å². The largest absolute Gasteiger partial charge is 0.394 e. The van der Waals surface area contributed by atoms with Crippen LogP contribution in [0.5, 0.6) is 0 Å². The van der Waals surface area contributed by atoms with Crippen LogP contribution in [0.1, 0.15) is 12.6 Å². The summed E-state index contributed by atoms with van der Waals surface area (Å²) in [4.78, 5) is 12.9. The number of nitrogens with zero attached hydrogens (tertiary/aromatic N) is 4. The van der Waals surface area contributed by atoms with E-state index in [1.165, 1.54) is 10.9 Å². The predicted octanol–water partition coefficient (Wildman–Crippen LogP) is 1.26. The van der Waals surface area contributed by atoms with Gasteiger partial charge in [0.15, 0.2) is 28.4 Å². The van der Waals surface area contributed by atoms with Gasteiger partial charge in [-0.2, -0.15) is 24.9 Å². The van der Waals surface area contributed by atoms with Gasteiger partial charge in [-0.15, -0.1) is 0 Å². The number of ether oxygens (including phenoxy) is 1. The van der Waals surface area contributed by atoms with Crippen LogP contribution in [-0.4, -0.2) is 90.2 Å². The van der Waals surface area contributed by atoms with Crippen molar-refractivity contribution in [2.45, 2.75) is 42.3 Å². The molecule has 168 valence electrons. The summed E-state index contributed by atoms with van der Waals surface area (Å²) in [6.45, 7) is 0.0665. The Morgan fingerprint density at radius 1 is 1.23 bits per heavy atom. The first-order chi connectivity index (χ1) is 14.2. The van der Waals surface area contributed by atoms with E-state index in [0.29, 0.717) is 17.9 Å². The van der Waals surface area contributed by atoms with Crippen LogP contribution in [0, 0.1) is 0 Å². The fraction of sp³-hybridized carbons (Fsp3) is 0.688. The lowest BCUT2D eigenvalue weighted by Gasteiger charge is -2.17. The Hall–Kier alpha value is -1.32. The highest BCUT2D eigenvalue weighted by atomic mass is 32.2. The van der Waals surface area contributed by atoms with Gasteiger partial charge in [0.2, 0.25) is 0 Å². The van der Waals surface area contributed by atoms with Crippen molar-refractivity contribution in [1.82, 2.24) is 19.5 Å². The number of alkyl halides is 3. The minimum atomic E-state index is -4.28. The molecule has 9 nitrogen and oxygen atoms in total. The molecule has 0 aromatic carbocycles. The Labute approximate surface area is 178 Å². The number of anilines is 1. The highest BCUT2D eigenvalue weighted by Gasteiger charge is 2.44. The molecular weight excluding hydrogens is 447 g/mol. The molecule has 1 saturated heterocycles. The van der Waals surface area contributed by atoms with Gasteiger partial charge in [0.05, 0.1) is 19.4 Å². The van der Waals surface area contributed by atoms with E-state index in [9.17, 15) is 28.5 Å². The number of hydrogen-bond donors (Lipinski definition) is 4. The molecule has 0 amide bonds. The predicted molar refractivity (Wildman–Crippen MR) is 107 cm³/mol. The lowest BCUT2D eigenvalue weighted by molar-refractivity contribution is -0.129. The zero-order valence-electron chi connectivity index (χ0n) is 15.9. The molecule has 3 rings (SSSR count). The molecule has 1 fully saturated rings. The molecule has 2 aromatic rings. The SMILES string of the molecule is CSCCNc1nc(SCCC(F)(F)F)nc2c1ncn2[C@@H]1O[C@H](CO)[C@@H](O)[C@H]1O. The maximum atomic E-state index is 12.5. The monoisotopic (exact) mass is 469 g/mol. The number of aliphatic hydroxyl groups is 3. The van der Waals surface area contributed by atoms with Crippen molar-refractivity contribution in [1.29, 1.82) is 0 Å². The number of fused-ring (bicyclic) bond motifs is 1. The summed E-state index contributed by atoms with van der Waals surface area (Å²) >= 11 is 2.46. The lowest BCUT2D eigenvalue weighted by Crippen LogP contribution is -2.33. The summed E-state index contributed by atoms with van der Waals surface area (Å²) < 4.78 is 44.4. The van der Waals surface area contributed by atoms with Crippen LogP contribution in [0.2, 0.25) is 0 Å². The van der Waals surface area contributed by atoms with Gasteiger partial charge in [-0.25, -0.2) is 15.0 Å². The van der Waals surface area contributed by atoms with Crippen LogP contribution in [-0.2, 0) is 4.74 Å². The number of hydrogen-bond acceptors (Lipinski definition) is 10. The molecular formula is C16H22F3N5O4S2. The standard InChI is InChI=1S/C16H22F3N5O4S2/c1-29-5-3-20-12-9-13(23-15(22-12)30-4-2-16(17,18)19)24(7-21-9)14-11(27)10(26)8(6-25)28-14/h7-8,10-11,14,25-27H,2-6H2,1H3,(H,20,22,23)/t8-,10-,11-,14-/m1/s1. The minimum absolute atomic E-state index is 0.117. The molecule has 0 spiro atoms. The molecule has 14 heteroatoms. The lowest BCUT2D eigenvalue weighted by atomic mass is 10.1. The van der Waals surface area contributed by atoms with Gasteiger partial charge in [-0.3, -0.25) is 4.57 Å². The average molecular weight is 470 g/mol. The second-order valence-electron chi connectivity index (χ2n) is 6.54. The summed E-state index contributed by atoms with van der Waals surface area (Å²) in [5, 5.41) is 32.8. The van der Waals surface area contributed by atoms with E-state index in [0.717, 1.165) is 17.5 Å². The van der Waals surface area contributed by atoms with Gasteiger partial charge in [0, 0.05) is 18.1 Å². The van der Waals surface area contributed by atoms with E-state index in [-0.39, 0.29) is 16.6 Å². The normalized spacial score (nSPS) is 24.6. The number of aliphatic hydroxyl groups excluding tert-OH is 3. The first-order valence-corrected chi connectivity index (χ1v) is 11.4. The van der Waals surface area contributed by atoms with Crippen LogP contribution in [0.4, 0.5) is 19.0 Å². The number of imidazole rings is 1. The quantitative estimate of drug-likeness (QED) is 0.242. The van der Waals surface area contributed by atoms with Crippen molar-refractivity contribution in [2.75, 3.05) is 36.2 Å². The number of aromatic nitrogens is 4. The maximum absolute atomic E-state index is 12.5. The third kappa shape index (κ3) is 5.29. The second-order valence-corrected chi connectivity index (χ2v) is 8.59. The average Bonchev–Trinajstić information content (AvgIpc) is 3.22. The summed E-state index contributed by atoms with van der Waals surface area (Å²) in [5.41, 5.74) is 0.593. The van der Waals surface area contributed by atoms with Crippen molar-refractivity contribution in [3.05, 3.63) is 6.33 Å². The Bertz CT molecular complexity index is 856. The fourth-order valence-electron chi connectivity index (χ4n) is 2.91. The van der Waals surface area contributed by atoms with Crippen molar-refractivity contribution in [3.8, 4) is 0 Å². The van der Waals surface area contributed by atoms with Gasteiger partial charge in [-0.1, -0.05) is 11.8 Å². The summed E-state index contributed by atoms with van der Waals surface area (Å²) in [6.07, 6.45) is -6.68. The molecule has 30 heavy (non-hydrogen) atoms. The van der Waals surface area contributed by atoms with Crippen molar-refractivity contribution in [3.63, 3.8) is 0 Å². The van der Waals surface area contributed by atoms with Crippen molar-refractivity contribution in [2.24, 2.45) is 0 Å². The molecule has 0 saturated carbocycles. The third-order valence-electron chi connectivity index (χ3n) is 4.41. The molecule has 3 heterocycles. The molecule has 4 atom stereocenters. The molecule has 4 N–H and O–H groups in total. The molecule has 1 aliphatic rings. The number of thioether (sulfide) groups is 2. The molecule has 0 bridgehead atoms. The highest BCUT2D eigenvalue weighted by molar-refractivity contribution is 7.99. The van der Waals surface area contributed by atoms with Crippen LogP contribution in [0.25, 0.3) is 11.2 Å². The highest BCUT2D eigenvalue weighted by Crippen LogP contribution is 2.33. The Morgan fingerprint density at radius 2 is 2.00 bits per heavy atom. The van der Waals surface area contributed by atoms with Gasteiger partial charge in [-0.05, 0) is 6.26 Å². The first kappa shape index (κ1) is 23.3. The molecule has 0 radical (unpaired) electrons. The molecule has 1 aliphatic heterocycles. The third-order valence-corrected chi connectivity index (χ3v) is 5.87. The molecule has 0 aliphatic carbocycles. The number of nitrogens with one attached hydrogen (secondary N) is 1. The summed E-state index contributed by atoms with van der Waals surface area (Å²) in [6, 6.07) is 0. The summed E-state index contributed by atoms with van der Waals surface area (Å²) in [7, 11) is 0. The van der Waals surface area contributed by atoms with E-state index >= 15 is 0 Å². The van der Waals surface area contributed by atoms with Crippen molar-refractivity contribution >= 4 is 40.5 Å². The van der Waals surface area contributed by atoms with Crippen LogP contribution >= 0.6 is 23.5 Å². The van der Waals surface area contributed by atoms with Crippen molar-refractivity contribution < 1.29 is 33.2 Å². The van der Waals surface area contributed by atoms with E-state index in [1.807, 2.05) is 6.26 Å². The Morgan fingerprint density at radius 3 is 2.63 bits per heavy atom. The molecule has 2 aromatic heterocycles. The van der Waals surface area contributed by atoms with Gasteiger partial charge >= 0.3 is 6.18 Å². The first-order valence-electron chi connectivity index (χ1n) is 9.04.